The molecule has 120 valence electrons. The fourth-order valence-electron chi connectivity index (χ4n) is 2.35. The Balaban J connectivity index is 1.58. The molecule has 1 aromatic carbocycles. The minimum absolute atomic E-state index is 0.195. The first-order valence-electron chi connectivity index (χ1n) is 7.74. The number of carbonyl (C=O) groups excluding carboxylic acids is 1. The topological polar surface area (TPSA) is 63.6 Å². The van der Waals surface area contributed by atoms with Crippen molar-refractivity contribution >= 4 is 28.7 Å². The van der Waals surface area contributed by atoms with E-state index in [-0.39, 0.29) is 12.4 Å². The number of rotatable bonds is 7. The molecule has 1 N–H and O–H groups in total. The van der Waals surface area contributed by atoms with Crippen LogP contribution in [0.4, 0.5) is 5.13 Å². The fraction of sp³-hybridized carbons (Fsp3) is 0.353. The summed E-state index contributed by atoms with van der Waals surface area (Å²) in [5, 5.41) is 6.78. The lowest BCUT2D eigenvalue weighted by Gasteiger charge is -2.02. The second kappa shape index (κ2) is 7.37. The number of hydrogen-bond acceptors (Lipinski definition) is 6. The fourth-order valence-corrected chi connectivity index (χ4v) is 3.01. The van der Waals surface area contributed by atoms with Crippen LogP contribution >= 0.6 is 11.3 Å². The summed E-state index contributed by atoms with van der Waals surface area (Å²) in [5.41, 5.74) is 6.13. The van der Waals surface area contributed by atoms with Gasteiger partial charge in [0, 0.05) is 5.38 Å². The number of aromatic nitrogens is 1. The van der Waals surface area contributed by atoms with Gasteiger partial charge in [-0.1, -0.05) is 24.3 Å². The van der Waals surface area contributed by atoms with Crippen LogP contribution in [0.2, 0.25) is 0 Å². The Bertz CT molecular complexity index is 707. The van der Waals surface area contributed by atoms with Crippen LogP contribution in [-0.4, -0.2) is 23.8 Å². The normalized spacial score (nSPS) is 14.1. The molecule has 0 saturated heterocycles. The van der Waals surface area contributed by atoms with Gasteiger partial charge in [-0.25, -0.2) is 4.98 Å². The van der Waals surface area contributed by atoms with E-state index < -0.39 is 0 Å². The monoisotopic (exact) mass is 329 g/mol. The van der Waals surface area contributed by atoms with Crippen molar-refractivity contribution < 1.29 is 9.53 Å². The van der Waals surface area contributed by atoms with E-state index in [0.717, 1.165) is 5.56 Å². The average molecular weight is 329 g/mol. The van der Waals surface area contributed by atoms with Gasteiger partial charge >= 0.3 is 5.97 Å². The van der Waals surface area contributed by atoms with Crippen molar-refractivity contribution in [3.05, 3.63) is 46.5 Å². The lowest BCUT2D eigenvalue weighted by atomic mass is 10.0. The molecule has 0 unspecified atom stereocenters. The molecule has 0 atom stereocenters. The van der Waals surface area contributed by atoms with E-state index in [0.29, 0.717) is 23.4 Å². The van der Waals surface area contributed by atoms with Crippen molar-refractivity contribution in [2.24, 2.45) is 5.10 Å². The van der Waals surface area contributed by atoms with Crippen LogP contribution < -0.4 is 5.43 Å². The van der Waals surface area contributed by atoms with Crippen molar-refractivity contribution in [2.75, 3.05) is 12.0 Å². The number of thiazole rings is 1. The molecule has 1 aliphatic rings. The molecular weight excluding hydrogens is 310 g/mol. The summed E-state index contributed by atoms with van der Waals surface area (Å²) in [6.45, 7) is 2.18. The van der Waals surface area contributed by atoms with Gasteiger partial charge in [0.05, 0.1) is 24.9 Å². The van der Waals surface area contributed by atoms with Crippen LogP contribution in [0, 0.1) is 0 Å². The van der Waals surface area contributed by atoms with Gasteiger partial charge in [0.25, 0.3) is 0 Å². The molecule has 1 fully saturated rings. The van der Waals surface area contributed by atoms with Crippen LogP contribution in [0.1, 0.15) is 42.5 Å². The molecule has 0 radical (unpaired) electrons. The number of esters is 1. The van der Waals surface area contributed by atoms with E-state index in [4.69, 9.17) is 4.74 Å². The van der Waals surface area contributed by atoms with E-state index in [1.807, 2.05) is 17.7 Å². The Morgan fingerprint density at radius 3 is 3.09 bits per heavy atom. The number of nitrogens with one attached hydrogen (secondary N) is 1. The molecule has 0 spiro atoms. The molecule has 23 heavy (non-hydrogen) atoms. The second-order valence-corrected chi connectivity index (χ2v) is 6.26. The third kappa shape index (κ3) is 4.39. The highest BCUT2D eigenvalue weighted by molar-refractivity contribution is 7.13. The smallest absolute Gasteiger partial charge is 0.311 e. The minimum atomic E-state index is -0.258. The highest BCUT2D eigenvalue weighted by Gasteiger charge is 2.25. The summed E-state index contributed by atoms with van der Waals surface area (Å²) >= 11 is 1.42. The van der Waals surface area contributed by atoms with Gasteiger partial charge in [-0.15, -0.1) is 11.3 Å². The summed E-state index contributed by atoms with van der Waals surface area (Å²) in [4.78, 5) is 15.7. The summed E-state index contributed by atoms with van der Waals surface area (Å²) in [6, 6.07) is 8.34. The molecule has 0 bridgehead atoms. The Morgan fingerprint density at radius 1 is 1.48 bits per heavy atom. The maximum atomic E-state index is 11.4. The number of hydrogen-bond donors (Lipinski definition) is 1. The lowest BCUT2D eigenvalue weighted by molar-refractivity contribution is -0.142. The average Bonchev–Trinajstić information content (AvgIpc) is 3.30. The predicted octanol–water partition coefficient (Wildman–Crippen LogP) is 3.57. The molecular formula is C17H19N3O2S. The van der Waals surface area contributed by atoms with Gasteiger partial charge in [0.1, 0.15) is 0 Å². The van der Waals surface area contributed by atoms with Crippen molar-refractivity contribution in [2.45, 2.75) is 32.1 Å². The lowest BCUT2D eigenvalue weighted by Crippen LogP contribution is -2.07. The Hall–Kier alpha value is -2.21. The van der Waals surface area contributed by atoms with Crippen molar-refractivity contribution in [3.8, 4) is 0 Å². The Kier molecular flexibility index (Phi) is 5.02. The quantitative estimate of drug-likeness (QED) is 0.479. The summed E-state index contributed by atoms with van der Waals surface area (Å²) < 4.78 is 4.91. The molecule has 1 saturated carbocycles. The van der Waals surface area contributed by atoms with E-state index in [1.54, 1.807) is 6.92 Å². The number of anilines is 1. The summed E-state index contributed by atoms with van der Waals surface area (Å²) in [7, 11) is 0. The molecule has 0 aliphatic heterocycles. The summed E-state index contributed by atoms with van der Waals surface area (Å²) in [6.07, 6.45) is 4.56. The third-order valence-corrected chi connectivity index (χ3v) is 4.36. The van der Waals surface area contributed by atoms with Gasteiger partial charge in [-0.05, 0) is 36.8 Å². The van der Waals surface area contributed by atoms with Crippen molar-refractivity contribution in [1.29, 1.82) is 0 Å². The first-order valence-corrected chi connectivity index (χ1v) is 8.62. The van der Waals surface area contributed by atoms with Gasteiger partial charge in [0.15, 0.2) is 0 Å². The number of benzene rings is 1. The van der Waals surface area contributed by atoms with Crippen LogP contribution in [0.25, 0.3) is 0 Å². The maximum Gasteiger partial charge on any atom is 0.311 e. The maximum absolute atomic E-state index is 11.4. The second-order valence-electron chi connectivity index (χ2n) is 5.40. The number of hydrazone groups is 1. The van der Waals surface area contributed by atoms with Crippen LogP contribution in [-0.2, 0) is 16.0 Å². The van der Waals surface area contributed by atoms with E-state index in [2.05, 4.69) is 33.7 Å². The van der Waals surface area contributed by atoms with Gasteiger partial charge < -0.3 is 4.74 Å². The largest absolute Gasteiger partial charge is 0.466 e. The highest BCUT2D eigenvalue weighted by atomic mass is 32.1. The molecule has 1 heterocycles. The Labute approximate surface area is 139 Å². The van der Waals surface area contributed by atoms with E-state index >= 15 is 0 Å². The van der Waals surface area contributed by atoms with Gasteiger partial charge in [0.2, 0.25) is 5.13 Å². The third-order valence-electron chi connectivity index (χ3n) is 3.56. The number of ether oxygens (including phenoxy) is 1. The van der Waals surface area contributed by atoms with Gasteiger partial charge in [-0.2, -0.15) is 5.10 Å². The van der Waals surface area contributed by atoms with Crippen molar-refractivity contribution in [1.82, 2.24) is 4.98 Å². The zero-order valence-electron chi connectivity index (χ0n) is 13.0. The minimum Gasteiger partial charge on any atom is -0.466 e. The van der Waals surface area contributed by atoms with Gasteiger partial charge in [-0.3, -0.25) is 10.2 Å². The van der Waals surface area contributed by atoms with E-state index in [1.165, 1.54) is 29.7 Å². The molecule has 1 aromatic heterocycles. The summed E-state index contributed by atoms with van der Waals surface area (Å²) in [5.74, 6) is 0.430. The Morgan fingerprint density at radius 2 is 2.30 bits per heavy atom. The number of nitrogens with zero attached hydrogens (tertiary/aromatic N) is 2. The zero-order chi connectivity index (χ0) is 16.1. The first kappa shape index (κ1) is 15.7. The van der Waals surface area contributed by atoms with Crippen LogP contribution in [0.5, 0.6) is 0 Å². The molecule has 6 heteroatoms. The molecule has 3 rings (SSSR count). The predicted molar refractivity (Wildman–Crippen MR) is 92.1 cm³/mol. The first-order chi connectivity index (χ1) is 11.3. The molecule has 0 amide bonds. The van der Waals surface area contributed by atoms with Crippen molar-refractivity contribution in [3.63, 3.8) is 0 Å². The van der Waals surface area contributed by atoms with Crippen LogP contribution in [0.3, 0.4) is 0 Å². The number of carbonyl (C=O) groups is 1. The SMILES string of the molecule is CCOC(=O)Cc1csc(NN=Cc2ccccc2C2CC2)n1. The zero-order valence-corrected chi connectivity index (χ0v) is 13.8. The van der Waals surface area contributed by atoms with E-state index in [9.17, 15) is 4.79 Å². The van der Waals surface area contributed by atoms with Crippen LogP contribution in [0.15, 0.2) is 34.7 Å². The standard InChI is InChI=1S/C17H19N3O2S/c1-2-22-16(21)9-14-11-23-17(19-14)20-18-10-13-5-3-4-6-15(13)12-7-8-12/h3-6,10-12H,2,7-9H2,1H3,(H,19,20). The molecule has 1 aliphatic carbocycles. The molecule has 2 aromatic rings. The molecule has 5 nitrogen and oxygen atoms in total. The highest BCUT2D eigenvalue weighted by Crippen LogP contribution is 2.41.